The number of carbonyl (C=O) groups is 1. The maximum Gasteiger partial charge on any atom is 0.255 e. The van der Waals surface area contributed by atoms with Crippen molar-refractivity contribution in [2.45, 2.75) is 57.2 Å². The van der Waals surface area contributed by atoms with Gasteiger partial charge in [0.05, 0.1) is 10.6 Å². The smallest absolute Gasteiger partial charge is 0.255 e. The van der Waals surface area contributed by atoms with Crippen LogP contribution < -0.4 is 5.32 Å². The molecule has 3 nitrogen and oxygen atoms in total. The van der Waals surface area contributed by atoms with Crippen LogP contribution in [0.25, 0.3) is 0 Å². The van der Waals surface area contributed by atoms with E-state index in [1.807, 2.05) is 18.2 Å². The molecule has 0 aliphatic carbocycles. The van der Waals surface area contributed by atoms with Gasteiger partial charge < -0.3 is 10.2 Å². The Morgan fingerprint density at radius 2 is 1.95 bits per heavy atom. The van der Waals surface area contributed by atoms with Gasteiger partial charge in [-0.15, -0.1) is 0 Å². The first kappa shape index (κ1) is 14.9. The van der Waals surface area contributed by atoms with Gasteiger partial charge in [0.1, 0.15) is 0 Å². The Bertz CT molecular complexity index is 507. The lowest BCUT2D eigenvalue weighted by Gasteiger charge is -2.38. The highest BCUT2D eigenvalue weighted by Gasteiger charge is 2.37. The zero-order valence-corrected chi connectivity index (χ0v) is 13.3. The lowest BCUT2D eigenvalue weighted by atomic mass is 9.97. The molecular formula is C17H23ClN2O. The van der Waals surface area contributed by atoms with E-state index >= 15 is 0 Å². The summed E-state index contributed by atoms with van der Waals surface area (Å²) in [4.78, 5) is 15.0. The average Bonchev–Trinajstić information content (AvgIpc) is 2.83. The molecule has 1 aromatic carbocycles. The molecule has 1 amide bonds. The first-order valence-corrected chi connectivity index (χ1v) is 8.38. The molecule has 0 radical (unpaired) electrons. The highest BCUT2D eigenvalue weighted by Crippen LogP contribution is 2.31. The van der Waals surface area contributed by atoms with Crippen LogP contribution in [-0.4, -0.2) is 35.5 Å². The number of piperidine rings is 1. The van der Waals surface area contributed by atoms with E-state index in [1.54, 1.807) is 6.07 Å². The molecule has 0 spiro atoms. The number of carbonyl (C=O) groups excluding carboxylic acids is 1. The van der Waals surface area contributed by atoms with Crippen LogP contribution in [0.3, 0.4) is 0 Å². The number of hydrogen-bond donors (Lipinski definition) is 1. The molecule has 1 N–H and O–H groups in total. The number of amides is 1. The Labute approximate surface area is 131 Å². The minimum Gasteiger partial charge on any atom is -0.336 e. The van der Waals surface area contributed by atoms with Crippen molar-refractivity contribution in [3.63, 3.8) is 0 Å². The van der Waals surface area contributed by atoms with Crippen LogP contribution in [0, 0.1) is 0 Å². The Balaban J connectivity index is 1.81. The maximum atomic E-state index is 12.9. The Kier molecular flexibility index (Phi) is 4.51. The molecule has 2 aliphatic heterocycles. The minimum atomic E-state index is 0.0914. The monoisotopic (exact) mass is 306 g/mol. The van der Waals surface area contributed by atoms with Gasteiger partial charge in [0, 0.05) is 24.7 Å². The van der Waals surface area contributed by atoms with E-state index in [0.29, 0.717) is 28.7 Å². The van der Waals surface area contributed by atoms with E-state index in [4.69, 9.17) is 11.6 Å². The van der Waals surface area contributed by atoms with Gasteiger partial charge >= 0.3 is 0 Å². The zero-order valence-electron chi connectivity index (χ0n) is 12.5. The molecule has 2 saturated heterocycles. The second kappa shape index (κ2) is 6.37. The van der Waals surface area contributed by atoms with Crippen molar-refractivity contribution in [1.29, 1.82) is 0 Å². The normalized spacial score (nSPS) is 27.6. The van der Waals surface area contributed by atoms with Crippen LogP contribution in [0.15, 0.2) is 24.3 Å². The Morgan fingerprint density at radius 3 is 2.57 bits per heavy atom. The Morgan fingerprint density at radius 1 is 1.29 bits per heavy atom. The molecular weight excluding hydrogens is 284 g/mol. The fourth-order valence-electron chi connectivity index (χ4n) is 3.76. The number of rotatable bonds is 4. The van der Waals surface area contributed by atoms with E-state index in [2.05, 4.69) is 17.1 Å². The van der Waals surface area contributed by atoms with Gasteiger partial charge in [-0.2, -0.15) is 0 Å². The number of benzene rings is 1. The lowest BCUT2D eigenvalue weighted by molar-refractivity contribution is 0.0617. The van der Waals surface area contributed by atoms with Gasteiger partial charge in [0.25, 0.3) is 5.91 Å². The van der Waals surface area contributed by atoms with Crippen LogP contribution in [0.1, 0.15) is 49.4 Å². The highest BCUT2D eigenvalue weighted by atomic mass is 35.5. The Hall–Kier alpha value is -1.06. The van der Waals surface area contributed by atoms with Crippen molar-refractivity contribution < 1.29 is 4.79 Å². The third-order valence-corrected chi connectivity index (χ3v) is 5.05. The largest absolute Gasteiger partial charge is 0.336 e. The number of nitrogens with one attached hydrogen (secondary N) is 1. The van der Waals surface area contributed by atoms with Crippen molar-refractivity contribution in [2.24, 2.45) is 0 Å². The van der Waals surface area contributed by atoms with Gasteiger partial charge in [-0.1, -0.05) is 30.7 Å². The van der Waals surface area contributed by atoms with Gasteiger partial charge in [0.2, 0.25) is 0 Å². The van der Waals surface area contributed by atoms with E-state index in [9.17, 15) is 4.79 Å². The summed E-state index contributed by atoms with van der Waals surface area (Å²) in [5, 5.41) is 4.20. The predicted octanol–water partition coefficient (Wildman–Crippen LogP) is 3.48. The van der Waals surface area contributed by atoms with E-state index in [1.165, 1.54) is 12.8 Å². The third kappa shape index (κ3) is 3.09. The number of hydrogen-bond acceptors (Lipinski definition) is 2. The van der Waals surface area contributed by atoms with Crippen LogP contribution in [0.2, 0.25) is 5.02 Å². The number of halogens is 1. The standard InChI is InChI=1S/C17H23ClN2O/c1-2-9-20(14-10-12-7-8-13(11-14)19-12)17(21)15-5-3-4-6-16(15)18/h3-6,12-14,19H,2,7-11H2,1H3. The summed E-state index contributed by atoms with van der Waals surface area (Å²) in [6, 6.07) is 8.92. The number of nitrogens with zero attached hydrogens (tertiary/aromatic N) is 1. The summed E-state index contributed by atoms with van der Waals surface area (Å²) in [5.74, 6) is 0.0914. The average molecular weight is 307 g/mol. The molecule has 4 heteroatoms. The molecule has 2 atom stereocenters. The molecule has 3 rings (SSSR count). The fourth-order valence-corrected chi connectivity index (χ4v) is 3.98. The summed E-state index contributed by atoms with van der Waals surface area (Å²) in [5.41, 5.74) is 0.637. The summed E-state index contributed by atoms with van der Waals surface area (Å²) >= 11 is 6.21. The summed E-state index contributed by atoms with van der Waals surface area (Å²) in [6.07, 6.45) is 5.64. The quantitative estimate of drug-likeness (QED) is 0.923. The molecule has 2 heterocycles. The first-order chi connectivity index (χ1) is 10.2. The van der Waals surface area contributed by atoms with Crippen molar-refractivity contribution in [2.75, 3.05) is 6.54 Å². The topological polar surface area (TPSA) is 32.3 Å². The van der Waals surface area contributed by atoms with E-state index in [-0.39, 0.29) is 5.91 Å². The van der Waals surface area contributed by atoms with Crippen LogP contribution in [0.4, 0.5) is 0 Å². The summed E-state index contributed by atoms with van der Waals surface area (Å²) in [7, 11) is 0. The second-order valence-corrected chi connectivity index (χ2v) is 6.65. The summed E-state index contributed by atoms with van der Waals surface area (Å²) in [6.45, 7) is 2.94. The van der Waals surface area contributed by atoms with Gasteiger partial charge in [0.15, 0.2) is 0 Å². The summed E-state index contributed by atoms with van der Waals surface area (Å²) < 4.78 is 0. The second-order valence-electron chi connectivity index (χ2n) is 6.24. The molecule has 0 aromatic heterocycles. The van der Waals surface area contributed by atoms with Crippen molar-refractivity contribution in [3.05, 3.63) is 34.9 Å². The third-order valence-electron chi connectivity index (χ3n) is 4.72. The first-order valence-electron chi connectivity index (χ1n) is 8.00. The molecule has 2 fully saturated rings. The van der Waals surface area contributed by atoms with Crippen LogP contribution >= 0.6 is 11.6 Å². The minimum absolute atomic E-state index is 0.0914. The molecule has 21 heavy (non-hydrogen) atoms. The van der Waals surface area contributed by atoms with Crippen molar-refractivity contribution >= 4 is 17.5 Å². The van der Waals surface area contributed by atoms with E-state index < -0.39 is 0 Å². The van der Waals surface area contributed by atoms with Crippen LogP contribution in [0.5, 0.6) is 0 Å². The lowest BCUT2D eigenvalue weighted by Crippen LogP contribution is -2.50. The van der Waals surface area contributed by atoms with E-state index in [0.717, 1.165) is 25.8 Å². The van der Waals surface area contributed by atoms with Gasteiger partial charge in [-0.05, 0) is 44.2 Å². The zero-order chi connectivity index (χ0) is 14.8. The molecule has 2 aliphatic rings. The fraction of sp³-hybridized carbons (Fsp3) is 0.588. The molecule has 0 saturated carbocycles. The molecule has 114 valence electrons. The molecule has 2 bridgehead atoms. The predicted molar refractivity (Wildman–Crippen MR) is 85.7 cm³/mol. The van der Waals surface area contributed by atoms with Gasteiger partial charge in [-0.25, -0.2) is 0 Å². The van der Waals surface area contributed by atoms with Crippen molar-refractivity contribution in [3.8, 4) is 0 Å². The number of fused-ring (bicyclic) bond motifs is 2. The molecule has 1 aromatic rings. The maximum absolute atomic E-state index is 12.9. The van der Waals surface area contributed by atoms with Gasteiger partial charge in [-0.3, -0.25) is 4.79 Å². The SMILES string of the molecule is CCCN(C(=O)c1ccccc1Cl)C1CC2CCC(C1)N2. The molecule has 2 unspecified atom stereocenters. The van der Waals surface area contributed by atoms with Crippen LogP contribution in [-0.2, 0) is 0 Å². The van der Waals surface area contributed by atoms with Crippen molar-refractivity contribution in [1.82, 2.24) is 10.2 Å². The highest BCUT2D eigenvalue weighted by molar-refractivity contribution is 6.33.